The van der Waals surface area contributed by atoms with E-state index in [-0.39, 0.29) is 6.04 Å². The topological polar surface area (TPSA) is 55.9 Å². The van der Waals surface area contributed by atoms with Gasteiger partial charge in [-0.15, -0.1) is 0 Å². The van der Waals surface area contributed by atoms with Crippen molar-refractivity contribution in [3.8, 4) is 0 Å². The molecule has 1 unspecified atom stereocenters. The van der Waals surface area contributed by atoms with Gasteiger partial charge in [0.05, 0.1) is 11.7 Å². The van der Waals surface area contributed by atoms with Crippen molar-refractivity contribution in [1.82, 2.24) is 15.2 Å². The minimum atomic E-state index is 0.172. The Hall–Kier alpha value is -1.65. The molecule has 0 fully saturated rings. The van der Waals surface area contributed by atoms with Crippen LogP contribution in [0.15, 0.2) is 42.6 Å². The van der Waals surface area contributed by atoms with Crippen molar-refractivity contribution in [1.29, 1.82) is 0 Å². The summed E-state index contributed by atoms with van der Waals surface area (Å²) in [6.07, 6.45) is 5.03. The molecule has 2 rings (SSSR count). The highest BCUT2D eigenvalue weighted by Gasteiger charge is 2.13. The van der Waals surface area contributed by atoms with Crippen LogP contribution in [-0.2, 0) is 13.0 Å². The van der Waals surface area contributed by atoms with Gasteiger partial charge in [0.15, 0.2) is 0 Å². The first-order valence-corrected chi connectivity index (χ1v) is 6.87. The quantitative estimate of drug-likeness (QED) is 0.592. The second-order valence-corrected chi connectivity index (χ2v) is 4.67. The van der Waals surface area contributed by atoms with Gasteiger partial charge in [-0.3, -0.25) is 16.0 Å². The maximum absolute atomic E-state index is 5.68. The third-order valence-electron chi connectivity index (χ3n) is 3.41. The molecular weight excluding hydrogens is 236 g/mol. The van der Waals surface area contributed by atoms with Gasteiger partial charge in [0, 0.05) is 12.7 Å². The van der Waals surface area contributed by atoms with Gasteiger partial charge < -0.3 is 0 Å². The molecule has 1 heterocycles. The van der Waals surface area contributed by atoms with Gasteiger partial charge in [-0.05, 0) is 37.8 Å². The summed E-state index contributed by atoms with van der Waals surface area (Å²) >= 11 is 0. The van der Waals surface area contributed by atoms with E-state index in [9.17, 15) is 0 Å². The average Bonchev–Trinajstić information content (AvgIpc) is 2.93. The number of nitrogens with one attached hydrogen (secondary N) is 1. The summed E-state index contributed by atoms with van der Waals surface area (Å²) in [6.45, 7) is 2.97. The average molecular weight is 258 g/mol. The largest absolute Gasteiger partial charge is 0.271 e. The molecule has 2 aromatic rings. The van der Waals surface area contributed by atoms with E-state index in [1.54, 1.807) is 0 Å². The minimum Gasteiger partial charge on any atom is -0.271 e. The smallest absolute Gasteiger partial charge is 0.0629 e. The van der Waals surface area contributed by atoms with E-state index in [4.69, 9.17) is 5.84 Å². The summed E-state index contributed by atoms with van der Waals surface area (Å²) in [7, 11) is 0. The van der Waals surface area contributed by atoms with Gasteiger partial charge in [0.25, 0.3) is 0 Å². The second-order valence-electron chi connectivity index (χ2n) is 4.67. The van der Waals surface area contributed by atoms with E-state index in [1.165, 1.54) is 5.56 Å². The Bertz CT molecular complexity index is 478. The lowest BCUT2D eigenvalue weighted by molar-refractivity contribution is 0.455. The van der Waals surface area contributed by atoms with Crippen LogP contribution < -0.4 is 11.3 Å². The molecule has 0 aliphatic carbocycles. The van der Waals surface area contributed by atoms with Crippen LogP contribution in [0.25, 0.3) is 0 Å². The predicted molar refractivity (Wildman–Crippen MR) is 77.3 cm³/mol. The van der Waals surface area contributed by atoms with Crippen LogP contribution in [0.4, 0.5) is 0 Å². The van der Waals surface area contributed by atoms with Crippen LogP contribution in [0.1, 0.15) is 37.1 Å². The number of nitrogens with two attached hydrogens (primary N) is 1. The van der Waals surface area contributed by atoms with Gasteiger partial charge >= 0.3 is 0 Å². The highest BCUT2D eigenvalue weighted by Crippen LogP contribution is 2.18. The highest BCUT2D eigenvalue weighted by molar-refractivity contribution is 5.15. The number of hydrogen-bond donors (Lipinski definition) is 2. The first-order chi connectivity index (χ1) is 9.35. The first-order valence-electron chi connectivity index (χ1n) is 6.87. The van der Waals surface area contributed by atoms with Crippen LogP contribution in [-0.4, -0.2) is 9.78 Å². The molecule has 0 saturated carbocycles. The summed E-state index contributed by atoms with van der Waals surface area (Å²) in [4.78, 5) is 0. The van der Waals surface area contributed by atoms with Crippen molar-refractivity contribution in [2.75, 3.05) is 0 Å². The maximum atomic E-state index is 5.68. The zero-order valence-electron chi connectivity index (χ0n) is 11.4. The standard InChI is InChI=1S/C15H22N4/c1-2-19-15(11-12-17-19)14(18-16)10-6-9-13-7-4-3-5-8-13/h3-5,7-8,11-12,14,18H,2,6,9-10,16H2,1H3. The van der Waals surface area contributed by atoms with Crippen LogP contribution >= 0.6 is 0 Å². The third-order valence-corrected chi connectivity index (χ3v) is 3.41. The SMILES string of the molecule is CCn1nccc1C(CCCc1ccccc1)NN. The molecular formula is C15H22N4. The van der Waals surface area contributed by atoms with E-state index in [1.807, 2.05) is 23.0 Å². The summed E-state index contributed by atoms with van der Waals surface area (Å²) < 4.78 is 1.99. The number of hydrogen-bond acceptors (Lipinski definition) is 3. The number of hydrazine groups is 1. The summed E-state index contributed by atoms with van der Waals surface area (Å²) in [5, 5.41) is 4.29. The number of aryl methyl sites for hydroxylation is 2. The molecule has 0 radical (unpaired) electrons. The number of benzene rings is 1. The van der Waals surface area contributed by atoms with E-state index < -0.39 is 0 Å². The fourth-order valence-electron chi connectivity index (χ4n) is 2.37. The fourth-order valence-corrected chi connectivity index (χ4v) is 2.37. The lowest BCUT2D eigenvalue weighted by Crippen LogP contribution is -2.30. The Labute approximate surface area is 114 Å². The third kappa shape index (κ3) is 3.66. The van der Waals surface area contributed by atoms with Crippen molar-refractivity contribution in [3.63, 3.8) is 0 Å². The van der Waals surface area contributed by atoms with Crippen LogP contribution in [0.2, 0.25) is 0 Å². The van der Waals surface area contributed by atoms with E-state index in [0.717, 1.165) is 31.5 Å². The Morgan fingerprint density at radius 1 is 1.26 bits per heavy atom. The summed E-state index contributed by atoms with van der Waals surface area (Å²) in [6, 6.07) is 12.8. The lowest BCUT2D eigenvalue weighted by atomic mass is 10.0. The molecule has 3 N–H and O–H groups in total. The Morgan fingerprint density at radius 2 is 2.05 bits per heavy atom. The van der Waals surface area contributed by atoms with Crippen molar-refractivity contribution in [2.24, 2.45) is 5.84 Å². The van der Waals surface area contributed by atoms with Gasteiger partial charge in [0.2, 0.25) is 0 Å². The molecule has 4 nitrogen and oxygen atoms in total. The van der Waals surface area contributed by atoms with E-state index in [0.29, 0.717) is 0 Å². The highest BCUT2D eigenvalue weighted by atomic mass is 15.3. The van der Waals surface area contributed by atoms with Crippen LogP contribution in [0, 0.1) is 0 Å². The minimum absolute atomic E-state index is 0.172. The lowest BCUT2D eigenvalue weighted by Gasteiger charge is -2.17. The first kappa shape index (κ1) is 13.8. The molecule has 1 aromatic heterocycles. The number of nitrogens with zero attached hydrogens (tertiary/aromatic N) is 2. The predicted octanol–water partition coefficient (Wildman–Crippen LogP) is 2.43. The van der Waals surface area contributed by atoms with Gasteiger partial charge in [-0.1, -0.05) is 30.3 Å². The molecule has 0 saturated heterocycles. The fraction of sp³-hybridized carbons (Fsp3) is 0.400. The van der Waals surface area contributed by atoms with Gasteiger partial charge in [-0.25, -0.2) is 0 Å². The molecule has 0 aliphatic heterocycles. The van der Waals surface area contributed by atoms with Crippen molar-refractivity contribution in [2.45, 2.75) is 38.8 Å². The maximum Gasteiger partial charge on any atom is 0.0629 e. The molecule has 0 bridgehead atoms. The summed E-state index contributed by atoms with van der Waals surface area (Å²) in [5.74, 6) is 5.68. The van der Waals surface area contributed by atoms with Gasteiger partial charge in [-0.2, -0.15) is 5.10 Å². The molecule has 0 amide bonds. The molecule has 19 heavy (non-hydrogen) atoms. The molecule has 4 heteroatoms. The summed E-state index contributed by atoms with van der Waals surface area (Å²) in [5.41, 5.74) is 5.45. The molecule has 1 aromatic carbocycles. The van der Waals surface area contributed by atoms with Crippen molar-refractivity contribution in [3.05, 3.63) is 53.9 Å². The monoisotopic (exact) mass is 258 g/mol. The normalized spacial score (nSPS) is 12.5. The molecule has 0 aliphatic rings. The molecule has 1 atom stereocenters. The van der Waals surface area contributed by atoms with Gasteiger partial charge in [0.1, 0.15) is 0 Å². The van der Waals surface area contributed by atoms with Crippen LogP contribution in [0.3, 0.4) is 0 Å². The van der Waals surface area contributed by atoms with Crippen LogP contribution in [0.5, 0.6) is 0 Å². The van der Waals surface area contributed by atoms with Crippen molar-refractivity contribution < 1.29 is 0 Å². The van der Waals surface area contributed by atoms with Crippen molar-refractivity contribution >= 4 is 0 Å². The second kappa shape index (κ2) is 7.07. The molecule has 0 spiro atoms. The van der Waals surface area contributed by atoms with E-state index in [2.05, 4.69) is 41.7 Å². The Balaban J connectivity index is 1.90. The Morgan fingerprint density at radius 3 is 2.74 bits per heavy atom. The molecule has 102 valence electrons. The van der Waals surface area contributed by atoms with E-state index >= 15 is 0 Å². The number of aromatic nitrogens is 2. The number of rotatable bonds is 7. The zero-order valence-corrected chi connectivity index (χ0v) is 11.4. The zero-order chi connectivity index (χ0) is 13.5. The Kier molecular flexibility index (Phi) is 5.12.